The third-order valence-corrected chi connectivity index (χ3v) is 6.34. The maximum absolute atomic E-state index is 4.94. The number of nitrogens with one attached hydrogen (secondary N) is 1. The van der Waals surface area contributed by atoms with Crippen molar-refractivity contribution >= 4 is 5.96 Å². The lowest BCUT2D eigenvalue weighted by Crippen LogP contribution is -2.52. The molecule has 0 amide bonds. The van der Waals surface area contributed by atoms with Gasteiger partial charge in [0.25, 0.3) is 0 Å². The lowest BCUT2D eigenvalue weighted by molar-refractivity contribution is 0.169. The molecule has 0 saturated carbocycles. The lowest BCUT2D eigenvalue weighted by atomic mass is 10.1. The molecular weight excluding hydrogens is 388 g/mol. The summed E-state index contributed by atoms with van der Waals surface area (Å²) >= 11 is 0. The number of aromatic nitrogens is 1. The van der Waals surface area contributed by atoms with Gasteiger partial charge < -0.3 is 14.7 Å². The first-order valence-corrected chi connectivity index (χ1v) is 11.7. The SMILES string of the molecule is CN=C(NCc1ccc(CN2CCCCCC2)cc1)N1CCN(Cc2ccon2)CC1. The fraction of sp³-hybridized carbons (Fsp3) is 0.583. The Balaban J connectivity index is 1.21. The van der Waals surface area contributed by atoms with Crippen LogP contribution in [0.5, 0.6) is 0 Å². The molecule has 1 aromatic carbocycles. The number of likely N-dealkylation sites (tertiary alicyclic amines) is 1. The van der Waals surface area contributed by atoms with Crippen LogP contribution in [-0.2, 0) is 19.6 Å². The molecule has 7 heteroatoms. The molecule has 0 aliphatic carbocycles. The van der Waals surface area contributed by atoms with Crippen LogP contribution in [0.4, 0.5) is 0 Å². The van der Waals surface area contributed by atoms with Crippen LogP contribution in [0.2, 0.25) is 0 Å². The fourth-order valence-corrected chi connectivity index (χ4v) is 4.49. The van der Waals surface area contributed by atoms with E-state index < -0.39 is 0 Å². The quantitative estimate of drug-likeness (QED) is 0.568. The number of hydrogen-bond acceptors (Lipinski definition) is 5. The van der Waals surface area contributed by atoms with Gasteiger partial charge >= 0.3 is 0 Å². The van der Waals surface area contributed by atoms with E-state index in [1.807, 2.05) is 13.1 Å². The first-order chi connectivity index (χ1) is 15.3. The summed E-state index contributed by atoms with van der Waals surface area (Å²) in [6.45, 7) is 9.14. The van der Waals surface area contributed by atoms with Crippen molar-refractivity contribution in [3.05, 3.63) is 53.4 Å². The van der Waals surface area contributed by atoms with Crippen molar-refractivity contribution in [3.8, 4) is 0 Å². The van der Waals surface area contributed by atoms with Gasteiger partial charge in [-0.25, -0.2) is 0 Å². The minimum atomic E-state index is 0.801. The second kappa shape index (κ2) is 11.3. The maximum Gasteiger partial charge on any atom is 0.194 e. The van der Waals surface area contributed by atoms with E-state index in [4.69, 9.17) is 4.52 Å². The lowest BCUT2D eigenvalue weighted by Gasteiger charge is -2.36. The second-order valence-corrected chi connectivity index (χ2v) is 8.66. The van der Waals surface area contributed by atoms with E-state index in [0.29, 0.717) is 0 Å². The molecule has 0 spiro atoms. The fourth-order valence-electron chi connectivity index (χ4n) is 4.49. The molecule has 7 nitrogen and oxygen atoms in total. The predicted molar refractivity (Wildman–Crippen MR) is 124 cm³/mol. The Morgan fingerprint density at radius 1 is 0.871 bits per heavy atom. The van der Waals surface area contributed by atoms with Gasteiger partial charge in [0, 0.05) is 58.9 Å². The standard InChI is InChI=1S/C24H36N6O/c1-25-24(30-15-13-29(14-16-30)20-23-10-17-31-27-23)26-18-21-6-8-22(9-7-21)19-28-11-4-2-3-5-12-28/h6-10,17H,2-5,11-16,18-20H2,1H3,(H,25,26). The highest BCUT2D eigenvalue weighted by molar-refractivity contribution is 5.80. The Bertz CT molecular complexity index is 788. The summed E-state index contributed by atoms with van der Waals surface area (Å²) in [5.74, 6) is 0.981. The van der Waals surface area contributed by atoms with Crippen LogP contribution in [0, 0.1) is 0 Å². The third kappa shape index (κ3) is 6.55. The molecular formula is C24H36N6O. The average molecular weight is 425 g/mol. The normalized spacial score (nSPS) is 19.4. The van der Waals surface area contributed by atoms with Crippen molar-refractivity contribution in [1.82, 2.24) is 25.2 Å². The smallest absolute Gasteiger partial charge is 0.194 e. The Morgan fingerprint density at radius 3 is 2.19 bits per heavy atom. The largest absolute Gasteiger partial charge is 0.364 e. The molecule has 4 rings (SSSR count). The van der Waals surface area contributed by atoms with Gasteiger partial charge in [-0.15, -0.1) is 0 Å². The summed E-state index contributed by atoms with van der Waals surface area (Å²) < 4.78 is 4.94. The third-order valence-electron chi connectivity index (χ3n) is 6.34. The number of piperazine rings is 1. The zero-order chi connectivity index (χ0) is 21.3. The highest BCUT2D eigenvalue weighted by atomic mass is 16.5. The van der Waals surface area contributed by atoms with Crippen LogP contribution in [0.25, 0.3) is 0 Å². The molecule has 0 atom stereocenters. The van der Waals surface area contributed by atoms with Crippen LogP contribution in [0.3, 0.4) is 0 Å². The van der Waals surface area contributed by atoms with Gasteiger partial charge in [0.15, 0.2) is 5.96 Å². The summed E-state index contributed by atoms with van der Waals surface area (Å²) in [7, 11) is 1.87. The predicted octanol–water partition coefficient (Wildman–Crippen LogP) is 2.94. The van der Waals surface area contributed by atoms with Crippen molar-refractivity contribution in [1.29, 1.82) is 0 Å². The van der Waals surface area contributed by atoms with E-state index in [0.717, 1.165) is 57.5 Å². The number of hydrogen-bond donors (Lipinski definition) is 1. The highest BCUT2D eigenvalue weighted by Crippen LogP contribution is 2.14. The molecule has 0 radical (unpaired) electrons. The molecule has 3 heterocycles. The summed E-state index contributed by atoms with van der Waals surface area (Å²) in [5.41, 5.74) is 3.71. The van der Waals surface area contributed by atoms with Crippen molar-refractivity contribution in [3.63, 3.8) is 0 Å². The number of nitrogens with zero attached hydrogens (tertiary/aromatic N) is 5. The summed E-state index contributed by atoms with van der Waals surface area (Å²) in [6.07, 6.45) is 7.10. The van der Waals surface area contributed by atoms with Crippen molar-refractivity contribution < 1.29 is 4.52 Å². The van der Waals surface area contributed by atoms with E-state index in [9.17, 15) is 0 Å². The molecule has 168 valence electrons. The second-order valence-electron chi connectivity index (χ2n) is 8.66. The van der Waals surface area contributed by atoms with Gasteiger partial charge in [-0.3, -0.25) is 14.8 Å². The van der Waals surface area contributed by atoms with Crippen LogP contribution in [-0.4, -0.2) is 72.1 Å². The first kappa shape index (κ1) is 21.8. The monoisotopic (exact) mass is 424 g/mol. The number of guanidine groups is 1. The minimum Gasteiger partial charge on any atom is -0.364 e. The van der Waals surface area contributed by atoms with E-state index in [2.05, 4.69) is 54.4 Å². The molecule has 2 aromatic rings. The van der Waals surface area contributed by atoms with E-state index in [1.165, 1.54) is 49.9 Å². The molecule has 0 bridgehead atoms. The first-order valence-electron chi connectivity index (χ1n) is 11.7. The topological polar surface area (TPSA) is 60.1 Å². The molecule has 2 aliphatic rings. The average Bonchev–Trinajstić information content (AvgIpc) is 3.18. The van der Waals surface area contributed by atoms with E-state index >= 15 is 0 Å². The zero-order valence-electron chi connectivity index (χ0n) is 18.8. The molecule has 0 unspecified atom stereocenters. The molecule has 2 saturated heterocycles. The Hall–Kier alpha value is -2.38. The highest BCUT2D eigenvalue weighted by Gasteiger charge is 2.20. The van der Waals surface area contributed by atoms with Crippen LogP contribution in [0.1, 0.15) is 42.5 Å². The van der Waals surface area contributed by atoms with Gasteiger partial charge in [-0.2, -0.15) is 0 Å². The van der Waals surface area contributed by atoms with Crippen molar-refractivity contribution in [2.24, 2.45) is 4.99 Å². The van der Waals surface area contributed by atoms with Gasteiger partial charge in [0.1, 0.15) is 6.26 Å². The van der Waals surface area contributed by atoms with E-state index in [1.54, 1.807) is 6.26 Å². The Morgan fingerprint density at radius 2 is 1.55 bits per heavy atom. The van der Waals surface area contributed by atoms with Crippen LogP contribution in [0.15, 0.2) is 46.1 Å². The summed E-state index contributed by atoms with van der Waals surface area (Å²) in [6, 6.07) is 11.0. The summed E-state index contributed by atoms with van der Waals surface area (Å²) in [4.78, 5) is 11.9. The van der Waals surface area contributed by atoms with Gasteiger partial charge in [-0.05, 0) is 37.1 Å². The summed E-state index contributed by atoms with van der Waals surface area (Å²) in [5, 5.41) is 7.56. The van der Waals surface area contributed by atoms with Crippen molar-refractivity contribution in [2.45, 2.75) is 45.3 Å². The van der Waals surface area contributed by atoms with E-state index in [-0.39, 0.29) is 0 Å². The minimum absolute atomic E-state index is 0.801. The van der Waals surface area contributed by atoms with Gasteiger partial charge in [-0.1, -0.05) is 42.3 Å². The number of aliphatic imine (C=N–C) groups is 1. The van der Waals surface area contributed by atoms with Gasteiger partial charge in [0.2, 0.25) is 0 Å². The zero-order valence-corrected chi connectivity index (χ0v) is 18.8. The Kier molecular flexibility index (Phi) is 7.96. The number of rotatable bonds is 6. The number of benzene rings is 1. The molecule has 31 heavy (non-hydrogen) atoms. The molecule has 2 fully saturated rings. The van der Waals surface area contributed by atoms with Crippen LogP contribution < -0.4 is 5.32 Å². The molecule has 1 aromatic heterocycles. The van der Waals surface area contributed by atoms with Crippen LogP contribution >= 0.6 is 0 Å². The van der Waals surface area contributed by atoms with Crippen molar-refractivity contribution in [2.75, 3.05) is 46.3 Å². The molecule has 1 N–H and O–H groups in total. The maximum atomic E-state index is 4.94. The Labute approximate surface area is 186 Å². The van der Waals surface area contributed by atoms with Gasteiger partial charge in [0.05, 0.1) is 5.69 Å². The molecule has 2 aliphatic heterocycles.